The number of hydrogen-bond acceptors (Lipinski definition) is 4. The predicted molar refractivity (Wildman–Crippen MR) is 119 cm³/mol. The zero-order valence-corrected chi connectivity index (χ0v) is 18.0. The van der Waals surface area contributed by atoms with Crippen LogP contribution in [0.1, 0.15) is 15.9 Å². The molecule has 0 fully saturated rings. The quantitative estimate of drug-likeness (QED) is 0.538. The summed E-state index contributed by atoms with van der Waals surface area (Å²) in [5, 5.41) is 2.86. The SMILES string of the molecule is CS(=O)(=O)N(CC(=O)Nc1ccc(Cl)cc1C(=O)c1ccccc1)c1cccc(F)c1. The van der Waals surface area contributed by atoms with E-state index in [0.29, 0.717) is 10.6 Å². The molecule has 0 saturated carbocycles. The van der Waals surface area contributed by atoms with Gasteiger partial charge in [-0.15, -0.1) is 0 Å². The summed E-state index contributed by atoms with van der Waals surface area (Å²) in [7, 11) is -3.88. The summed E-state index contributed by atoms with van der Waals surface area (Å²) in [4.78, 5) is 25.6. The minimum atomic E-state index is -3.88. The predicted octanol–water partition coefficient (Wildman–Crippen LogP) is 4.11. The van der Waals surface area contributed by atoms with E-state index in [1.165, 1.54) is 36.4 Å². The molecule has 0 heterocycles. The highest BCUT2D eigenvalue weighted by Gasteiger charge is 2.23. The van der Waals surface area contributed by atoms with Crippen LogP contribution < -0.4 is 9.62 Å². The highest BCUT2D eigenvalue weighted by atomic mass is 35.5. The number of carbonyl (C=O) groups excluding carboxylic acids is 2. The lowest BCUT2D eigenvalue weighted by atomic mass is 10.0. The summed E-state index contributed by atoms with van der Waals surface area (Å²) in [5.41, 5.74) is 0.742. The van der Waals surface area contributed by atoms with E-state index >= 15 is 0 Å². The van der Waals surface area contributed by atoms with Gasteiger partial charge in [0, 0.05) is 16.1 Å². The molecule has 0 aliphatic carbocycles. The van der Waals surface area contributed by atoms with Crippen LogP contribution in [0.15, 0.2) is 72.8 Å². The number of ketones is 1. The second kappa shape index (κ2) is 9.28. The summed E-state index contributed by atoms with van der Waals surface area (Å²) in [5.74, 6) is -1.71. The molecular formula is C22H18ClFN2O4S. The number of sulfonamides is 1. The maximum atomic E-state index is 13.6. The molecule has 0 bridgehead atoms. The molecule has 0 spiro atoms. The van der Waals surface area contributed by atoms with E-state index in [1.54, 1.807) is 30.3 Å². The molecule has 1 N–H and O–H groups in total. The van der Waals surface area contributed by atoms with Gasteiger partial charge in [-0.1, -0.05) is 48.0 Å². The van der Waals surface area contributed by atoms with Crippen LogP contribution in [0.4, 0.5) is 15.8 Å². The van der Waals surface area contributed by atoms with E-state index in [4.69, 9.17) is 11.6 Å². The van der Waals surface area contributed by atoms with Gasteiger partial charge in [-0.05, 0) is 36.4 Å². The van der Waals surface area contributed by atoms with E-state index in [2.05, 4.69) is 5.32 Å². The zero-order chi connectivity index (χ0) is 22.6. The first-order valence-electron chi connectivity index (χ1n) is 9.07. The molecule has 0 aromatic heterocycles. The Kier molecular flexibility index (Phi) is 6.72. The van der Waals surface area contributed by atoms with Crippen LogP contribution in [0.2, 0.25) is 5.02 Å². The molecule has 0 unspecified atom stereocenters. The number of benzene rings is 3. The first-order valence-corrected chi connectivity index (χ1v) is 11.3. The van der Waals surface area contributed by atoms with Crippen LogP contribution in [-0.2, 0) is 14.8 Å². The molecule has 0 atom stereocenters. The van der Waals surface area contributed by atoms with Gasteiger partial charge in [0.15, 0.2) is 5.78 Å². The van der Waals surface area contributed by atoms with E-state index in [1.807, 2.05) is 0 Å². The minimum absolute atomic E-state index is 0.00865. The number of hydrogen-bond donors (Lipinski definition) is 1. The van der Waals surface area contributed by atoms with Crippen LogP contribution in [0.3, 0.4) is 0 Å². The van der Waals surface area contributed by atoms with Gasteiger partial charge in [-0.25, -0.2) is 12.8 Å². The molecule has 3 rings (SSSR count). The van der Waals surface area contributed by atoms with E-state index in [9.17, 15) is 22.4 Å². The lowest BCUT2D eigenvalue weighted by molar-refractivity contribution is -0.114. The molecule has 0 saturated heterocycles. The van der Waals surface area contributed by atoms with Gasteiger partial charge >= 0.3 is 0 Å². The van der Waals surface area contributed by atoms with E-state index in [-0.39, 0.29) is 22.7 Å². The summed E-state index contributed by atoms with van der Waals surface area (Å²) < 4.78 is 38.7. The minimum Gasteiger partial charge on any atom is -0.324 e. The Hall–Kier alpha value is -3.23. The van der Waals surface area contributed by atoms with Gasteiger partial charge in [0.1, 0.15) is 12.4 Å². The number of anilines is 2. The molecular weight excluding hydrogens is 443 g/mol. The number of carbonyl (C=O) groups is 2. The molecule has 160 valence electrons. The third kappa shape index (κ3) is 5.68. The Bertz CT molecular complexity index is 1230. The van der Waals surface area contributed by atoms with E-state index in [0.717, 1.165) is 16.6 Å². The summed E-state index contributed by atoms with van der Waals surface area (Å²) in [6.45, 7) is -0.607. The van der Waals surface area contributed by atoms with Crippen LogP contribution in [0.5, 0.6) is 0 Å². The number of rotatable bonds is 7. The van der Waals surface area contributed by atoms with Crippen molar-refractivity contribution in [3.63, 3.8) is 0 Å². The summed E-state index contributed by atoms with van der Waals surface area (Å²) in [6.07, 6.45) is 0.915. The van der Waals surface area contributed by atoms with Crippen LogP contribution >= 0.6 is 11.6 Å². The Morgan fingerprint density at radius 2 is 1.71 bits per heavy atom. The molecule has 31 heavy (non-hydrogen) atoms. The number of amides is 1. The normalized spacial score (nSPS) is 11.1. The van der Waals surface area contributed by atoms with Crippen molar-refractivity contribution in [2.24, 2.45) is 0 Å². The van der Waals surface area contributed by atoms with Gasteiger partial charge in [-0.3, -0.25) is 13.9 Å². The third-order valence-corrected chi connectivity index (χ3v) is 5.70. The Labute approximate surface area is 184 Å². The van der Waals surface area contributed by atoms with Crippen molar-refractivity contribution in [2.45, 2.75) is 0 Å². The Morgan fingerprint density at radius 3 is 2.35 bits per heavy atom. The fourth-order valence-electron chi connectivity index (χ4n) is 2.91. The standard InChI is InChI=1S/C22H18ClFN2O4S/c1-31(29,30)26(18-9-5-8-17(24)13-18)14-21(27)25-20-11-10-16(23)12-19(20)22(28)15-6-3-2-4-7-15/h2-13H,14H2,1H3,(H,25,27). The molecule has 0 aliphatic heterocycles. The van der Waals surface area contributed by atoms with E-state index < -0.39 is 28.3 Å². The molecule has 3 aromatic rings. The molecule has 6 nitrogen and oxygen atoms in total. The van der Waals surface area contributed by atoms with Crippen molar-refractivity contribution in [1.82, 2.24) is 0 Å². The van der Waals surface area contributed by atoms with Gasteiger partial charge in [0.2, 0.25) is 15.9 Å². The largest absolute Gasteiger partial charge is 0.324 e. The molecule has 9 heteroatoms. The maximum absolute atomic E-state index is 13.6. The van der Waals surface area contributed by atoms with Crippen LogP contribution in [-0.4, -0.2) is 32.9 Å². The fraction of sp³-hybridized carbons (Fsp3) is 0.0909. The van der Waals surface area contributed by atoms with Crippen molar-refractivity contribution in [2.75, 3.05) is 22.4 Å². The van der Waals surface area contributed by atoms with Crippen molar-refractivity contribution in [3.8, 4) is 0 Å². The maximum Gasteiger partial charge on any atom is 0.245 e. The molecule has 3 aromatic carbocycles. The average Bonchev–Trinajstić information content (AvgIpc) is 2.72. The first-order chi connectivity index (χ1) is 14.6. The van der Waals surface area contributed by atoms with Crippen LogP contribution in [0.25, 0.3) is 0 Å². The molecule has 0 radical (unpaired) electrons. The second-order valence-electron chi connectivity index (χ2n) is 6.68. The first kappa shape index (κ1) is 22.5. The fourth-order valence-corrected chi connectivity index (χ4v) is 3.93. The van der Waals surface area contributed by atoms with Gasteiger partial charge in [0.05, 0.1) is 17.6 Å². The smallest absolute Gasteiger partial charge is 0.245 e. The highest BCUT2D eigenvalue weighted by molar-refractivity contribution is 7.92. The Morgan fingerprint density at radius 1 is 1.00 bits per heavy atom. The van der Waals surface area contributed by atoms with Crippen molar-refractivity contribution in [3.05, 3.63) is 94.8 Å². The topological polar surface area (TPSA) is 83.6 Å². The summed E-state index contributed by atoms with van der Waals surface area (Å²) >= 11 is 6.04. The number of nitrogens with zero attached hydrogens (tertiary/aromatic N) is 1. The van der Waals surface area contributed by atoms with Crippen molar-refractivity contribution in [1.29, 1.82) is 0 Å². The third-order valence-electron chi connectivity index (χ3n) is 4.32. The van der Waals surface area contributed by atoms with Crippen molar-refractivity contribution < 1.29 is 22.4 Å². The van der Waals surface area contributed by atoms with Gasteiger partial charge in [0.25, 0.3) is 0 Å². The molecule has 0 aliphatic rings. The van der Waals surface area contributed by atoms with Gasteiger partial charge < -0.3 is 5.32 Å². The monoisotopic (exact) mass is 460 g/mol. The van der Waals surface area contributed by atoms with Crippen LogP contribution in [0, 0.1) is 5.82 Å². The van der Waals surface area contributed by atoms with Gasteiger partial charge in [-0.2, -0.15) is 0 Å². The summed E-state index contributed by atoms with van der Waals surface area (Å²) in [6, 6.07) is 17.7. The lowest BCUT2D eigenvalue weighted by Gasteiger charge is -2.22. The zero-order valence-electron chi connectivity index (χ0n) is 16.4. The molecule has 1 amide bonds. The lowest BCUT2D eigenvalue weighted by Crippen LogP contribution is -2.37. The number of halogens is 2. The number of nitrogens with one attached hydrogen (secondary N) is 1. The van der Waals surface area contributed by atoms with Crippen molar-refractivity contribution >= 4 is 44.7 Å². The Balaban J connectivity index is 1.88. The highest BCUT2D eigenvalue weighted by Crippen LogP contribution is 2.24. The second-order valence-corrected chi connectivity index (χ2v) is 9.03. The average molecular weight is 461 g/mol.